The van der Waals surface area contributed by atoms with Crippen LogP contribution in [0, 0.1) is 17.8 Å². The monoisotopic (exact) mass is 730 g/mol. The maximum atomic E-state index is 13.6. The van der Waals surface area contributed by atoms with Crippen LogP contribution in [0.2, 0.25) is 0 Å². The van der Waals surface area contributed by atoms with Crippen LogP contribution in [0.1, 0.15) is 48.5 Å². The molecule has 6 rings (SSSR count). The summed E-state index contributed by atoms with van der Waals surface area (Å²) in [6.45, 7) is 13.4. The van der Waals surface area contributed by atoms with Crippen molar-refractivity contribution >= 4 is 15.6 Å². The summed E-state index contributed by atoms with van der Waals surface area (Å²) in [5.41, 5.74) is -3.71. The summed E-state index contributed by atoms with van der Waals surface area (Å²) in [7, 11) is -9.54. The van der Waals surface area contributed by atoms with E-state index < -0.39 is 69.4 Å². The van der Waals surface area contributed by atoms with E-state index in [9.17, 15) is 18.9 Å². The number of ether oxygens (including phenoxy) is 8. The van der Waals surface area contributed by atoms with Crippen LogP contribution in [-0.2, 0) is 65.1 Å². The first-order chi connectivity index (χ1) is 22.5. The lowest BCUT2D eigenvalue weighted by molar-refractivity contribution is -0.185. The molecule has 0 amide bonds. The molecule has 0 spiro atoms. The van der Waals surface area contributed by atoms with Crippen molar-refractivity contribution < 1.29 is 74.9 Å². The van der Waals surface area contributed by atoms with E-state index in [2.05, 4.69) is 0 Å². The van der Waals surface area contributed by atoms with Gasteiger partial charge in [0.2, 0.25) is 0 Å². The molecule has 6 heterocycles. The first-order valence-electron chi connectivity index (χ1n) is 16.8. The fourth-order valence-corrected chi connectivity index (χ4v) is 10.1. The van der Waals surface area contributed by atoms with E-state index in [0.717, 1.165) is 0 Å². The predicted molar refractivity (Wildman–Crippen MR) is 165 cm³/mol. The molecule has 0 aliphatic carbocycles. The topological polar surface area (TPSA) is 185 Å². The van der Waals surface area contributed by atoms with Gasteiger partial charge in [-0.1, -0.05) is 0 Å². The molecule has 6 saturated heterocycles. The largest absolute Gasteiger partial charge is 0.472 e. The molecule has 16 nitrogen and oxygen atoms in total. The third-order valence-electron chi connectivity index (χ3n) is 10.3. The summed E-state index contributed by atoms with van der Waals surface area (Å²) in [5.74, 6) is -0.898. The number of hydrogen-bond donors (Lipinski definition) is 2. The number of hydrogen-bond acceptors (Lipinski definition) is 14. The van der Waals surface area contributed by atoms with Crippen LogP contribution in [0.25, 0.3) is 0 Å². The van der Waals surface area contributed by atoms with E-state index in [-0.39, 0.29) is 82.5 Å². The summed E-state index contributed by atoms with van der Waals surface area (Å²) in [4.78, 5) is 22.1. The molecule has 0 radical (unpaired) electrons. The highest BCUT2D eigenvalue weighted by atomic mass is 31.2. The molecular formula is C30H52O16P2. The zero-order valence-electron chi connectivity index (χ0n) is 28.7. The molecular weight excluding hydrogens is 678 g/mol. The van der Waals surface area contributed by atoms with Crippen LogP contribution in [0.4, 0.5) is 0 Å². The Bertz CT molecular complexity index is 1240. The lowest BCUT2D eigenvalue weighted by Crippen LogP contribution is -2.56. The zero-order valence-corrected chi connectivity index (χ0v) is 30.5. The number of phosphoric acid groups is 2. The first-order valence-corrected chi connectivity index (χ1v) is 19.8. The number of rotatable bonds is 15. The van der Waals surface area contributed by atoms with Crippen LogP contribution in [0.15, 0.2) is 0 Å². The van der Waals surface area contributed by atoms with E-state index in [1.165, 1.54) is 0 Å². The second kappa shape index (κ2) is 14.0. The normalized spacial score (nSPS) is 46.3. The van der Waals surface area contributed by atoms with Gasteiger partial charge in [0.15, 0.2) is 0 Å². The Morgan fingerprint density at radius 3 is 1.40 bits per heavy atom. The zero-order chi connectivity index (χ0) is 34.7. The standard InChI is InChI=1S/C30H52O16P2/c1-17(2)38-14-28-11-36-9-23(20(6)42-28)26(28)45-48(33,34)40-16-30-13-37-10-24(21(7)44-30)27(30)46-47(31,32)39-15-29-12-35-8-22(19(5)43-29)25(29)41-18(3)4/h17-27H,8-16H2,1-7H3,(H,31,32)(H,33,34)/t19?,20?,21?,22-,23-,24-,25-,26-,27-,28?,29?,30?/m1/s1. The van der Waals surface area contributed by atoms with Crippen molar-refractivity contribution in [1.29, 1.82) is 0 Å². The Labute approximate surface area is 281 Å². The highest BCUT2D eigenvalue weighted by Gasteiger charge is 2.63. The van der Waals surface area contributed by atoms with E-state index >= 15 is 0 Å². The number of phosphoric ester groups is 2. The second-order valence-electron chi connectivity index (χ2n) is 14.7. The molecule has 6 fully saturated rings. The van der Waals surface area contributed by atoms with Crippen molar-refractivity contribution in [3.63, 3.8) is 0 Å². The third-order valence-corrected chi connectivity index (χ3v) is 12.2. The molecule has 0 aromatic rings. The van der Waals surface area contributed by atoms with Crippen LogP contribution >= 0.6 is 15.6 Å². The third kappa shape index (κ3) is 7.39. The summed E-state index contributed by atoms with van der Waals surface area (Å²) in [6.07, 6.45) is -3.58. The van der Waals surface area contributed by atoms with Crippen molar-refractivity contribution in [2.24, 2.45) is 17.8 Å². The van der Waals surface area contributed by atoms with Gasteiger partial charge in [0.1, 0.15) is 29.0 Å². The smallest absolute Gasteiger partial charge is 0.378 e. The van der Waals surface area contributed by atoms with Crippen molar-refractivity contribution in [3.8, 4) is 0 Å². The van der Waals surface area contributed by atoms with Crippen LogP contribution in [-0.4, -0.2) is 135 Å². The van der Waals surface area contributed by atoms with Crippen LogP contribution in [0.5, 0.6) is 0 Å². The molecule has 0 aromatic carbocycles. The molecule has 8 unspecified atom stereocenters. The van der Waals surface area contributed by atoms with Gasteiger partial charge in [-0.25, -0.2) is 9.13 Å². The maximum Gasteiger partial charge on any atom is 0.472 e. The average Bonchev–Trinajstić information content (AvgIpc) is 3.28. The van der Waals surface area contributed by atoms with E-state index in [1.54, 1.807) is 6.92 Å². The van der Waals surface area contributed by atoms with Gasteiger partial charge in [-0.05, 0) is 48.5 Å². The van der Waals surface area contributed by atoms with Gasteiger partial charge < -0.3 is 47.7 Å². The van der Waals surface area contributed by atoms with Crippen molar-refractivity contribution in [2.45, 2.75) is 114 Å². The summed E-state index contributed by atoms with van der Waals surface area (Å²) < 4.78 is 97.8. The fourth-order valence-electron chi connectivity index (χ4n) is 7.98. The molecule has 278 valence electrons. The summed E-state index contributed by atoms with van der Waals surface area (Å²) in [6, 6.07) is 0. The second-order valence-corrected chi connectivity index (χ2v) is 17.5. The quantitative estimate of drug-likeness (QED) is 0.234. The lowest BCUT2D eigenvalue weighted by Gasteiger charge is -2.41. The van der Waals surface area contributed by atoms with Gasteiger partial charge >= 0.3 is 15.6 Å². The summed E-state index contributed by atoms with van der Waals surface area (Å²) >= 11 is 0. The minimum atomic E-state index is -4.77. The van der Waals surface area contributed by atoms with Gasteiger partial charge in [-0.3, -0.25) is 18.1 Å². The van der Waals surface area contributed by atoms with Gasteiger partial charge in [-0.15, -0.1) is 0 Å². The van der Waals surface area contributed by atoms with E-state index in [4.69, 9.17) is 56.0 Å². The number of fused-ring (bicyclic) bond motifs is 6. The summed E-state index contributed by atoms with van der Waals surface area (Å²) in [5, 5.41) is 0. The molecule has 48 heavy (non-hydrogen) atoms. The van der Waals surface area contributed by atoms with E-state index in [0.29, 0.717) is 6.61 Å². The van der Waals surface area contributed by atoms with Crippen molar-refractivity contribution in [2.75, 3.05) is 59.5 Å². The Morgan fingerprint density at radius 1 is 0.625 bits per heavy atom. The maximum absolute atomic E-state index is 13.6. The van der Waals surface area contributed by atoms with Crippen molar-refractivity contribution in [3.05, 3.63) is 0 Å². The molecule has 6 aliphatic heterocycles. The molecule has 0 aromatic heterocycles. The Morgan fingerprint density at radius 2 is 1.00 bits per heavy atom. The fraction of sp³-hybridized carbons (Fsp3) is 1.00. The lowest BCUT2D eigenvalue weighted by atomic mass is 9.87. The Balaban J connectivity index is 1.13. The van der Waals surface area contributed by atoms with Crippen LogP contribution < -0.4 is 0 Å². The first kappa shape index (κ1) is 37.7. The molecule has 2 N–H and O–H groups in total. The molecule has 14 atom stereocenters. The molecule has 18 heteroatoms. The highest BCUT2D eigenvalue weighted by Crippen LogP contribution is 2.57. The van der Waals surface area contributed by atoms with Gasteiger partial charge in [0.25, 0.3) is 0 Å². The highest BCUT2D eigenvalue weighted by molar-refractivity contribution is 7.47. The minimum absolute atomic E-state index is 0.0649. The molecule has 6 aliphatic rings. The SMILES string of the molecule is CC(C)OCC12COC[C@H](C(C)O1)[C@H]2OP(=O)(O)OCC12COC[C@H](C(C)O1)[C@H]2OP(=O)(O)OCC12COC[C@H](C(C)O1)[C@H]2OC(C)C. The average molecular weight is 731 g/mol. The van der Waals surface area contributed by atoms with Gasteiger partial charge in [0.05, 0.1) is 96.1 Å². The molecule has 0 saturated carbocycles. The van der Waals surface area contributed by atoms with Crippen molar-refractivity contribution in [1.82, 2.24) is 0 Å². The predicted octanol–water partition coefficient (Wildman–Crippen LogP) is 2.62. The van der Waals surface area contributed by atoms with E-state index in [1.807, 2.05) is 41.5 Å². The van der Waals surface area contributed by atoms with Crippen LogP contribution in [0.3, 0.4) is 0 Å². The Kier molecular flexibility index (Phi) is 11.0. The van der Waals surface area contributed by atoms with Gasteiger partial charge in [0, 0.05) is 17.8 Å². The Hall–Kier alpha value is -0.100. The minimum Gasteiger partial charge on any atom is -0.378 e. The molecule has 6 bridgehead atoms. The van der Waals surface area contributed by atoms with Gasteiger partial charge in [-0.2, -0.15) is 0 Å².